The number of nitrogens with one attached hydrogen (secondary N) is 1. The zero-order valence-electron chi connectivity index (χ0n) is 20.5. The molecule has 8 heteroatoms. The molecule has 0 aliphatic rings. The Morgan fingerprint density at radius 2 is 1.75 bits per heavy atom. The average Bonchev–Trinajstić information content (AvgIpc) is 2.71. The van der Waals surface area contributed by atoms with Gasteiger partial charge in [0.1, 0.15) is 0 Å². The first-order chi connectivity index (χ1) is 15.0. The smallest absolute Gasteiger partial charge is 0.335 e. The number of carbonyl (C=O) groups excluding carboxylic acids is 2. The molecule has 1 aromatic rings. The summed E-state index contributed by atoms with van der Waals surface area (Å²) in [5.41, 5.74) is -1.91. The van der Waals surface area contributed by atoms with Crippen LogP contribution in [0.5, 0.6) is 5.75 Å². The summed E-state index contributed by atoms with van der Waals surface area (Å²) >= 11 is 0. The van der Waals surface area contributed by atoms with Crippen molar-refractivity contribution in [2.24, 2.45) is 17.3 Å². The molecule has 8 nitrogen and oxygen atoms in total. The molecule has 0 radical (unpaired) electrons. The molecular weight excluding hydrogens is 412 g/mol. The minimum absolute atomic E-state index is 0.0343. The summed E-state index contributed by atoms with van der Waals surface area (Å²) in [7, 11) is 0. The Balaban J connectivity index is 2.50. The van der Waals surface area contributed by atoms with Crippen molar-refractivity contribution in [3.63, 3.8) is 0 Å². The lowest BCUT2D eigenvalue weighted by molar-refractivity contribution is -0.159. The SMILES string of the molecule is CCCCOc1cn(C(=O)CCCCCOC(=O)C(C)(CC(C)C)C(C)C)c(=O)[nH]c1=O. The van der Waals surface area contributed by atoms with Crippen molar-refractivity contribution in [1.29, 1.82) is 0 Å². The average molecular weight is 453 g/mol. The normalized spacial score (nSPS) is 13.2. The molecule has 0 saturated carbocycles. The summed E-state index contributed by atoms with van der Waals surface area (Å²) in [4.78, 5) is 50.9. The molecular formula is C24H40N2O6. The maximum absolute atomic E-state index is 12.6. The number of esters is 1. The molecule has 1 N–H and O–H groups in total. The van der Waals surface area contributed by atoms with Crippen LogP contribution in [0.25, 0.3) is 0 Å². The van der Waals surface area contributed by atoms with E-state index in [0.29, 0.717) is 38.4 Å². The van der Waals surface area contributed by atoms with Crippen LogP contribution in [0.2, 0.25) is 0 Å². The van der Waals surface area contributed by atoms with E-state index >= 15 is 0 Å². The minimum Gasteiger partial charge on any atom is -0.487 e. The van der Waals surface area contributed by atoms with E-state index in [1.165, 1.54) is 6.20 Å². The summed E-state index contributed by atoms with van der Waals surface area (Å²) < 4.78 is 11.8. The van der Waals surface area contributed by atoms with Crippen molar-refractivity contribution in [3.05, 3.63) is 27.0 Å². The third kappa shape index (κ3) is 8.28. The van der Waals surface area contributed by atoms with Gasteiger partial charge in [-0.25, -0.2) is 9.36 Å². The molecule has 0 amide bonds. The van der Waals surface area contributed by atoms with Gasteiger partial charge in [0.05, 0.1) is 24.8 Å². The molecule has 0 fully saturated rings. The Hall–Kier alpha value is -2.38. The zero-order valence-corrected chi connectivity index (χ0v) is 20.5. The van der Waals surface area contributed by atoms with Crippen LogP contribution in [0.1, 0.15) is 91.3 Å². The largest absolute Gasteiger partial charge is 0.487 e. The van der Waals surface area contributed by atoms with Crippen molar-refractivity contribution in [2.45, 2.75) is 86.5 Å². The molecule has 1 unspecified atom stereocenters. The summed E-state index contributed by atoms with van der Waals surface area (Å²) in [6, 6.07) is 0. The highest BCUT2D eigenvalue weighted by atomic mass is 16.5. The molecule has 1 heterocycles. The predicted molar refractivity (Wildman–Crippen MR) is 124 cm³/mol. The van der Waals surface area contributed by atoms with Gasteiger partial charge in [-0.1, -0.05) is 41.0 Å². The predicted octanol–water partition coefficient (Wildman–Crippen LogP) is 4.17. The second-order valence-corrected chi connectivity index (χ2v) is 9.34. The van der Waals surface area contributed by atoms with Gasteiger partial charge in [-0.15, -0.1) is 0 Å². The molecule has 182 valence electrons. The number of aromatic amines is 1. The number of unbranched alkanes of at least 4 members (excludes halogenated alkanes) is 3. The molecule has 1 atom stereocenters. The fourth-order valence-electron chi connectivity index (χ4n) is 3.48. The standard InChI is InChI=1S/C24H40N2O6/c1-7-8-13-31-19-16-26(23(30)25-21(19)28)20(27)12-10-9-11-14-32-22(29)24(6,18(4)5)15-17(2)3/h16-18H,7-15H2,1-6H3,(H,25,28,30). The number of rotatable bonds is 14. The lowest BCUT2D eigenvalue weighted by atomic mass is 9.73. The third-order valence-electron chi connectivity index (χ3n) is 5.77. The molecule has 32 heavy (non-hydrogen) atoms. The highest BCUT2D eigenvalue weighted by Crippen LogP contribution is 2.35. The van der Waals surface area contributed by atoms with Gasteiger partial charge in [0, 0.05) is 6.42 Å². The summed E-state index contributed by atoms with van der Waals surface area (Å²) in [5.74, 6) is -0.0372. The molecule has 0 bridgehead atoms. The molecule has 0 aliphatic heterocycles. The van der Waals surface area contributed by atoms with Crippen LogP contribution < -0.4 is 16.0 Å². The van der Waals surface area contributed by atoms with Gasteiger partial charge >= 0.3 is 11.7 Å². The second-order valence-electron chi connectivity index (χ2n) is 9.34. The van der Waals surface area contributed by atoms with E-state index in [-0.39, 0.29) is 24.1 Å². The van der Waals surface area contributed by atoms with E-state index in [0.717, 1.165) is 23.8 Å². The Kier molecular flexibility index (Phi) is 11.4. The topological polar surface area (TPSA) is 107 Å². The van der Waals surface area contributed by atoms with Crippen LogP contribution in [-0.2, 0) is 9.53 Å². The number of H-pyrrole nitrogens is 1. The van der Waals surface area contributed by atoms with Crippen LogP contribution in [0.4, 0.5) is 0 Å². The second kappa shape index (κ2) is 13.2. The Morgan fingerprint density at radius 3 is 2.34 bits per heavy atom. The van der Waals surface area contributed by atoms with E-state index in [2.05, 4.69) is 18.8 Å². The molecule has 1 rings (SSSR count). The van der Waals surface area contributed by atoms with E-state index < -0.39 is 22.6 Å². The quantitative estimate of drug-likeness (QED) is 0.335. The minimum atomic E-state index is -0.769. The maximum atomic E-state index is 12.6. The van der Waals surface area contributed by atoms with Gasteiger partial charge in [-0.2, -0.15) is 0 Å². The molecule has 1 aromatic heterocycles. The Morgan fingerprint density at radius 1 is 1.06 bits per heavy atom. The van der Waals surface area contributed by atoms with Crippen LogP contribution in [-0.4, -0.2) is 34.6 Å². The maximum Gasteiger partial charge on any atom is 0.335 e. The molecule has 0 spiro atoms. The van der Waals surface area contributed by atoms with Gasteiger partial charge in [0.15, 0.2) is 0 Å². The number of aromatic nitrogens is 2. The highest BCUT2D eigenvalue weighted by molar-refractivity contribution is 5.78. The van der Waals surface area contributed by atoms with Crippen molar-refractivity contribution in [3.8, 4) is 5.75 Å². The first-order valence-corrected chi connectivity index (χ1v) is 11.7. The van der Waals surface area contributed by atoms with Crippen molar-refractivity contribution < 1.29 is 19.1 Å². The van der Waals surface area contributed by atoms with E-state index in [1.54, 1.807) is 0 Å². The van der Waals surface area contributed by atoms with Crippen LogP contribution in [0.15, 0.2) is 15.8 Å². The number of carbonyl (C=O) groups is 2. The summed E-state index contributed by atoms with van der Waals surface area (Å²) in [5, 5.41) is 0. The van der Waals surface area contributed by atoms with Crippen LogP contribution in [0, 0.1) is 17.3 Å². The lowest BCUT2D eigenvalue weighted by Crippen LogP contribution is -2.36. The fraction of sp³-hybridized carbons (Fsp3) is 0.750. The number of ether oxygens (including phenoxy) is 2. The first-order valence-electron chi connectivity index (χ1n) is 11.7. The summed E-state index contributed by atoms with van der Waals surface area (Å²) in [6.07, 6.45) is 5.62. The van der Waals surface area contributed by atoms with Crippen LogP contribution >= 0.6 is 0 Å². The molecule has 0 aliphatic carbocycles. The third-order valence-corrected chi connectivity index (χ3v) is 5.77. The van der Waals surface area contributed by atoms with Crippen molar-refractivity contribution in [2.75, 3.05) is 13.2 Å². The van der Waals surface area contributed by atoms with Gasteiger partial charge in [-0.3, -0.25) is 19.4 Å². The van der Waals surface area contributed by atoms with Crippen molar-refractivity contribution >= 4 is 11.9 Å². The fourth-order valence-corrected chi connectivity index (χ4v) is 3.48. The molecule has 0 aromatic carbocycles. The first kappa shape index (κ1) is 27.7. The van der Waals surface area contributed by atoms with Gasteiger partial charge in [-0.05, 0) is 50.9 Å². The van der Waals surface area contributed by atoms with Gasteiger partial charge < -0.3 is 9.47 Å². The Bertz CT molecular complexity index is 855. The van der Waals surface area contributed by atoms with Crippen molar-refractivity contribution in [1.82, 2.24) is 9.55 Å². The number of nitrogens with zero attached hydrogens (tertiary/aromatic N) is 1. The highest BCUT2D eigenvalue weighted by Gasteiger charge is 2.38. The van der Waals surface area contributed by atoms with E-state index in [1.807, 2.05) is 27.7 Å². The Labute approximate surface area is 190 Å². The lowest BCUT2D eigenvalue weighted by Gasteiger charge is -2.32. The number of hydrogen-bond acceptors (Lipinski definition) is 6. The van der Waals surface area contributed by atoms with Crippen LogP contribution in [0.3, 0.4) is 0 Å². The zero-order chi connectivity index (χ0) is 24.3. The van der Waals surface area contributed by atoms with E-state index in [4.69, 9.17) is 9.47 Å². The van der Waals surface area contributed by atoms with Gasteiger partial charge in [0.2, 0.25) is 11.7 Å². The van der Waals surface area contributed by atoms with E-state index in [9.17, 15) is 19.2 Å². The summed E-state index contributed by atoms with van der Waals surface area (Å²) in [6.45, 7) is 12.9. The molecule has 0 saturated heterocycles. The number of hydrogen-bond donors (Lipinski definition) is 1. The monoisotopic (exact) mass is 452 g/mol. The van der Waals surface area contributed by atoms with Gasteiger partial charge in [0.25, 0.3) is 5.56 Å².